The minimum Gasteiger partial charge on any atom is -0.339 e. The fourth-order valence-electron chi connectivity index (χ4n) is 2.21. The standard InChI is InChI=1S/C13H15N3O4/c1-10(17)14-6-8-15(9-7-14)13(18)11-4-2-3-5-12(11)16(19)20/h2-5H,6-9H2,1H3. The number of hydrogen-bond acceptors (Lipinski definition) is 4. The van der Waals surface area contributed by atoms with Crippen molar-refractivity contribution in [1.29, 1.82) is 0 Å². The number of rotatable bonds is 2. The third kappa shape index (κ3) is 2.76. The number of nitro benzene ring substituents is 1. The first-order valence-corrected chi connectivity index (χ1v) is 6.29. The highest BCUT2D eigenvalue weighted by Crippen LogP contribution is 2.20. The minimum atomic E-state index is -0.556. The highest BCUT2D eigenvalue weighted by atomic mass is 16.6. The third-order valence-corrected chi connectivity index (χ3v) is 3.34. The number of nitrogens with zero attached hydrogens (tertiary/aromatic N) is 3. The number of nitro groups is 1. The lowest BCUT2D eigenvalue weighted by Gasteiger charge is -2.34. The molecule has 2 rings (SSSR count). The molecule has 20 heavy (non-hydrogen) atoms. The molecule has 1 aromatic carbocycles. The van der Waals surface area contributed by atoms with E-state index in [2.05, 4.69) is 0 Å². The van der Waals surface area contributed by atoms with Crippen molar-refractivity contribution in [2.45, 2.75) is 6.92 Å². The lowest BCUT2D eigenvalue weighted by molar-refractivity contribution is -0.385. The molecule has 7 heteroatoms. The molecule has 1 aromatic rings. The van der Waals surface area contributed by atoms with Crippen LogP contribution in [0.2, 0.25) is 0 Å². The van der Waals surface area contributed by atoms with Gasteiger partial charge in [0.15, 0.2) is 0 Å². The molecule has 0 bridgehead atoms. The molecule has 0 unspecified atom stereocenters. The second-order valence-corrected chi connectivity index (χ2v) is 4.57. The third-order valence-electron chi connectivity index (χ3n) is 3.34. The van der Waals surface area contributed by atoms with Crippen LogP contribution in [0.5, 0.6) is 0 Å². The van der Waals surface area contributed by atoms with Crippen LogP contribution in [0.4, 0.5) is 5.69 Å². The number of carbonyl (C=O) groups is 2. The van der Waals surface area contributed by atoms with E-state index >= 15 is 0 Å². The molecule has 0 N–H and O–H groups in total. The first-order chi connectivity index (χ1) is 9.50. The van der Waals surface area contributed by atoms with E-state index in [0.717, 1.165) is 0 Å². The van der Waals surface area contributed by atoms with Crippen molar-refractivity contribution in [3.05, 3.63) is 39.9 Å². The van der Waals surface area contributed by atoms with E-state index in [1.54, 1.807) is 15.9 Å². The van der Waals surface area contributed by atoms with Gasteiger partial charge in [-0.2, -0.15) is 0 Å². The van der Waals surface area contributed by atoms with Crippen LogP contribution in [0.1, 0.15) is 17.3 Å². The van der Waals surface area contributed by atoms with Crippen LogP contribution >= 0.6 is 0 Å². The van der Waals surface area contributed by atoms with E-state index in [0.29, 0.717) is 26.2 Å². The van der Waals surface area contributed by atoms with E-state index in [4.69, 9.17) is 0 Å². The van der Waals surface area contributed by atoms with Crippen molar-refractivity contribution >= 4 is 17.5 Å². The molecule has 106 valence electrons. The van der Waals surface area contributed by atoms with E-state index in [1.807, 2.05) is 0 Å². The highest BCUT2D eigenvalue weighted by Gasteiger charge is 2.27. The van der Waals surface area contributed by atoms with Crippen LogP contribution in [-0.2, 0) is 4.79 Å². The lowest BCUT2D eigenvalue weighted by atomic mass is 10.1. The molecule has 7 nitrogen and oxygen atoms in total. The average Bonchev–Trinajstić information content (AvgIpc) is 2.46. The number of para-hydroxylation sites is 1. The topological polar surface area (TPSA) is 83.8 Å². The van der Waals surface area contributed by atoms with Crippen molar-refractivity contribution in [3.63, 3.8) is 0 Å². The van der Waals surface area contributed by atoms with Crippen LogP contribution in [-0.4, -0.2) is 52.7 Å². The van der Waals surface area contributed by atoms with Crippen LogP contribution in [0, 0.1) is 10.1 Å². The maximum Gasteiger partial charge on any atom is 0.282 e. The van der Waals surface area contributed by atoms with Crippen molar-refractivity contribution in [2.24, 2.45) is 0 Å². The number of hydrogen-bond donors (Lipinski definition) is 0. The summed E-state index contributed by atoms with van der Waals surface area (Å²) in [5, 5.41) is 10.9. The summed E-state index contributed by atoms with van der Waals surface area (Å²) in [5.74, 6) is -0.386. The predicted octanol–water partition coefficient (Wildman–Crippen LogP) is 0.899. The zero-order valence-corrected chi connectivity index (χ0v) is 11.1. The number of amides is 2. The molecule has 0 atom stereocenters. The Balaban J connectivity index is 2.13. The largest absolute Gasteiger partial charge is 0.339 e. The van der Waals surface area contributed by atoms with Gasteiger partial charge in [-0.1, -0.05) is 12.1 Å². The quantitative estimate of drug-likeness (QED) is 0.594. The molecular formula is C13H15N3O4. The van der Waals surface area contributed by atoms with E-state index in [9.17, 15) is 19.7 Å². The van der Waals surface area contributed by atoms with Crippen molar-refractivity contribution < 1.29 is 14.5 Å². The normalized spacial score (nSPS) is 15.1. The molecule has 0 aromatic heterocycles. The summed E-state index contributed by atoms with van der Waals surface area (Å²) in [4.78, 5) is 37.1. The van der Waals surface area contributed by atoms with Gasteiger partial charge in [0, 0.05) is 39.2 Å². The van der Waals surface area contributed by atoms with Crippen LogP contribution in [0.3, 0.4) is 0 Å². The fourth-order valence-corrected chi connectivity index (χ4v) is 2.21. The van der Waals surface area contributed by atoms with Gasteiger partial charge in [-0.15, -0.1) is 0 Å². The number of carbonyl (C=O) groups excluding carboxylic acids is 2. The van der Waals surface area contributed by atoms with Crippen LogP contribution < -0.4 is 0 Å². The maximum atomic E-state index is 12.3. The van der Waals surface area contributed by atoms with Gasteiger partial charge in [-0.25, -0.2) is 0 Å². The summed E-state index contributed by atoms with van der Waals surface area (Å²) in [6.45, 7) is 3.19. The Hall–Kier alpha value is -2.44. The molecule has 1 fully saturated rings. The Labute approximate surface area is 115 Å². The Morgan fingerprint density at radius 3 is 2.20 bits per heavy atom. The Bertz CT molecular complexity index is 550. The second kappa shape index (κ2) is 5.68. The maximum absolute atomic E-state index is 12.3. The fraction of sp³-hybridized carbons (Fsp3) is 0.385. The van der Waals surface area contributed by atoms with Crippen LogP contribution in [0.15, 0.2) is 24.3 Å². The van der Waals surface area contributed by atoms with Crippen molar-refractivity contribution in [1.82, 2.24) is 9.80 Å². The minimum absolute atomic E-state index is 0.0252. The van der Waals surface area contributed by atoms with Gasteiger partial charge in [0.1, 0.15) is 5.56 Å². The van der Waals surface area contributed by atoms with Gasteiger partial charge in [0.25, 0.3) is 11.6 Å². The zero-order valence-electron chi connectivity index (χ0n) is 11.1. The molecule has 1 saturated heterocycles. The molecule has 1 aliphatic heterocycles. The average molecular weight is 277 g/mol. The summed E-state index contributed by atoms with van der Waals surface area (Å²) in [5.41, 5.74) is -0.0970. The first kappa shape index (κ1) is 14.0. The first-order valence-electron chi connectivity index (χ1n) is 6.29. The molecular weight excluding hydrogens is 262 g/mol. The summed E-state index contributed by atoms with van der Waals surface area (Å²) in [7, 11) is 0. The summed E-state index contributed by atoms with van der Waals surface area (Å²) in [6, 6.07) is 5.91. The molecule has 2 amide bonds. The number of piperazine rings is 1. The van der Waals surface area contributed by atoms with Gasteiger partial charge < -0.3 is 9.80 Å². The lowest BCUT2D eigenvalue weighted by Crippen LogP contribution is -2.50. The zero-order chi connectivity index (χ0) is 14.7. The molecule has 0 spiro atoms. The van der Waals surface area contributed by atoms with Gasteiger partial charge in [0.05, 0.1) is 4.92 Å². The van der Waals surface area contributed by atoms with Crippen LogP contribution in [0.25, 0.3) is 0 Å². The van der Waals surface area contributed by atoms with Gasteiger partial charge in [0.2, 0.25) is 5.91 Å². The summed E-state index contributed by atoms with van der Waals surface area (Å²) < 4.78 is 0. The Kier molecular flexibility index (Phi) is 3.97. The molecule has 1 heterocycles. The summed E-state index contributed by atoms with van der Waals surface area (Å²) in [6.07, 6.45) is 0. The van der Waals surface area contributed by atoms with Crippen molar-refractivity contribution in [3.8, 4) is 0 Å². The monoisotopic (exact) mass is 277 g/mol. The number of benzene rings is 1. The highest BCUT2D eigenvalue weighted by molar-refractivity contribution is 5.98. The van der Waals surface area contributed by atoms with E-state index in [-0.39, 0.29) is 23.1 Å². The SMILES string of the molecule is CC(=O)N1CCN(C(=O)c2ccccc2[N+](=O)[O-])CC1. The second-order valence-electron chi connectivity index (χ2n) is 4.57. The summed E-state index contributed by atoms with van der Waals surface area (Å²) >= 11 is 0. The molecule has 1 aliphatic rings. The van der Waals surface area contributed by atoms with Gasteiger partial charge >= 0.3 is 0 Å². The van der Waals surface area contributed by atoms with E-state index < -0.39 is 4.92 Å². The predicted molar refractivity (Wildman–Crippen MR) is 71.3 cm³/mol. The smallest absolute Gasteiger partial charge is 0.282 e. The van der Waals surface area contributed by atoms with Gasteiger partial charge in [-0.3, -0.25) is 19.7 Å². The molecule has 0 radical (unpaired) electrons. The van der Waals surface area contributed by atoms with E-state index in [1.165, 1.54) is 25.1 Å². The van der Waals surface area contributed by atoms with Gasteiger partial charge in [-0.05, 0) is 6.07 Å². The molecule has 0 aliphatic carbocycles. The Morgan fingerprint density at radius 2 is 1.65 bits per heavy atom. The Morgan fingerprint density at radius 1 is 1.10 bits per heavy atom. The molecule has 0 saturated carbocycles. The van der Waals surface area contributed by atoms with Crippen molar-refractivity contribution in [2.75, 3.05) is 26.2 Å².